The van der Waals surface area contributed by atoms with Crippen LogP contribution < -0.4 is 5.32 Å². The molecule has 7 heteroatoms. The van der Waals surface area contributed by atoms with Crippen LogP contribution in [0.15, 0.2) is 36.4 Å². The molecule has 0 aliphatic rings. The summed E-state index contributed by atoms with van der Waals surface area (Å²) in [6.45, 7) is 1.73. The summed E-state index contributed by atoms with van der Waals surface area (Å²) in [7, 11) is 0. The van der Waals surface area contributed by atoms with Crippen LogP contribution in [-0.2, 0) is 6.18 Å². The van der Waals surface area contributed by atoms with Crippen molar-refractivity contribution in [2.24, 2.45) is 0 Å². The average Bonchev–Trinajstić information content (AvgIpc) is 2.48. The number of nitriles is 1. The molecule has 0 fully saturated rings. The van der Waals surface area contributed by atoms with Crippen LogP contribution in [-0.4, -0.2) is 11.1 Å². The minimum atomic E-state index is -4.63. The molecule has 0 radical (unpaired) electrons. The lowest BCUT2D eigenvalue weighted by Crippen LogP contribution is -2.09. The molecule has 4 nitrogen and oxygen atoms in total. The highest BCUT2D eigenvalue weighted by atomic mass is 19.4. The predicted octanol–water partition coefficient (Wildman–Crippen LogP) is 4.33. The molecule has 0 aliphatic heterocycles. The SMILES string of the molecule is Cc1ccc(C#N)cc1Nc1ccc(C(F)(F)F)cc1C(=O)O. The van der Waals surface area contributed by atoms with Gasteiger partial charge in [-0.2, -0.15) is 18.4 Å². The number of aryl methyl sites for hydroxylation is 1. The van der Waals surface area contributed by atoms with Crippen LogP contribution in [0.3, 0.4) is 0 Å². The van der Waals surface area contributed by atoms with E-state index in [-0.39, 0.29) is 5.69 Å². The second kappa shape index (κ2) is 6.01. The normalized spacial score (nSPS) is 10.9. The van der Waals surface area contributed by atoms with Crippen molar-refractivity contribution in [3.05, 3.63) is 58.7 Å². The maximum Gasteiger partial charge on any atom is 0.416 e. The minimum Gasteiger partial charge on any atom is -0.478 e. The number of hydrogen-bond acceptors (Lipinski definition) is 3. The van der Waals surface area contributed by atoms with Crippen molar-refractivity contribution in [1.82, 2.24) is 0 Å². The number of carboxylic acid groups (broad SMARTS) is 1. The van der Waals surface area contributed by atoms with Crippen molar-refractivity contribution in [2.75, 3.05) is 5.32 Å². The van der Waals surface area contributed by atoms with Gasteiger partial charge in [0.05, 0.1) is 28.4 Å². The summed E-state index contributed by atoms with van der Waals surface area (Å²) < 4.78 is 38.1. The minimum absolute atomic E-state index is 0.0173. The Kier molecular flexibility index (Phi) is 4.27. The fourth-order valence-corrected chi connectivity index (χ4v) is 1.98. The first-order valence-electron chi connectivity index (χ1n) is 6.44. The molecule has 0 amide bonds. The molecular weight excluding hydrogens is 309 g/mol. The molecule has 0 saturated heterocycles. The van der Waals surface area contributed by atoms with Crippen LogP contribution in [0.2, 0.25) is 0 Å². The lowest BCUT2D eigenvalue weighted by Gasteiger charge is -2.14. The van der Waals surface area contributed by atoms with Gasteiger partial charge in [-0.25, -0.2) is 4.79 Å². The van der Waals surface area contributed by atoms with Crippen molar-refractivity contribution in [3.63, 3.8) is 0 Å². The van der Waals surface area contributed by atoms with E-state index in [9.17, 15) is 18.0 Å². The number of anilines is 2. The maximum atomic E-state index is 12.7. The van der Waals surface area contributed by atoms with E-state index in [1.54, 1.807) is 19.1 Å². The third-order valence-electron chi connectivity index (χ3n) is 3.21. The Balaban J connectivity index is 2.48. The van der Waals surface area contributed by atoms with E-state index in [1.807, 2.05) is 6.07 Å². The summed E-state index contributed by atoms with van der Waals surface area (Å²) in [5.74, 6) is -1.48. The summed E-state index contributed by atoms with van der Waals surface area (Å²) in [5.41, 5.74) is 0.00153. The first kappa shape index (κ1) is 16.4. The molecule has 2 aromatic carbocycles. The van der Waals surface area contributed by atoms with Gasteiger partial charge >= 0.3 is 12.1 Å². The fraction of sp³-hybridized carbons (Fsp3) is 0.125. The van der Waals surface area contributed by atoms with Crippen LogP contribution >= 0.6 is 0 Å². The fourth-order valence-electron chi connectivity index (χ4n) is 1.98. The molecule has 23 heavy (non-hydrogen) atoms. The third-order valence-corrected chi connectivity index (χ3v) is 3.21. The molecule has 0 aromatic heterocycles. The summed E-state index contributed by atoms with van der Waals surface area (Å²) >= 11 is 0. The van der Waals surface area contributed by atoms with Gasteiger partial charge in [-0.05, 0) is 42.8 Å². The van der Waals surface area contributed by atoms with Crippen molar-refractivity contribution >= 4 is 17.3 Å². The van der Waals surface area contributed by atoms with E-state index >= 15 is 0 Å². The van der Waals surface area contributed by atoms with Gasteiger partial charge in [0, 0.05) is 5.69 Å². The van der Waals surface area contributed by atoms with Crippen molar-refractivity contribution in [2.45, 2.75) is 13.1 Å². The average molecular weight is 320 g/mol. The smallest absolute Gasteiger partial charge is 0.416 e. The summed E-state index contributed by atoms with van der Waals surface area (Å²) in [4.78, 5) is 11.2. The largest absolute Gasteiger partial charge is 0.478 e. The number of alkyl halides is 3. The van der Waals surface area contributed by atoms with Gasteiger partial charge in [-0.1, -0.05) is 6.07 Å². The zero-order valence-corrected chi connectivity index (χ0v) is 11.9. The number of carboxylic acids is 1. The van der Waals surface area contributed by atoms with Gasteiger partial charge < -0.3 is 10.4 Å². The van der Waals surface area contributed by atoms with Crippen LogP contribution in [0.4, 0.5) is 24.5 Å². The lowest BCUT2D eigenvalue weighted by atomic mass is 10.1. The van der Waals surface area contributed by atoms with E-state index in [0.29, 0.717) is 17.3 Å². The summed E-state index contributed by atoms with van der Waals surface area (Å²) in [6, 6.07) is 9.13. The van der Waals surface area contributed by atoms with E-state index < -0.39 is 23.3 Å². The Morgan fingerprint density at radius 2 is 1.87 bits per heavy atom. The van der Waals surface area contributed by atoms with E-state index in [1.165, 1.54) is 6.07 Å². The number of halogens is 3. The number of hydrogen-bond donors (Lipinski definition) is 2. The second-order valence-corrected chi connectivity index (χ2v) is 4.83. The number of nitrogens with one attached hydrogen (secondary N) is 1. The Morgan fingerprint density at radius 1 is 1.17 bits per heavy atom. The monoisotopic (exact) mass is 320 g/mol. The Hall–Kier alpha value is -3.01. The molecule has 0 spiro atoms. The second-order valence-electron chi connectivity index (χ2n) is 4.83. The first-order valence-corrected chi connectivity index (χ1v) is 6.44. The van der Waals surface area contributed by atoms with Crippen LogP contribution in [0.1, 0.15) is 27.0 Å². The lowest BCUT2D eigenvalue weighted by molar-refractivity contribution is -0.137. The van der Waals surface area contributed by atoms with Crippen molar-refractivity contribution in [1.29, 1.82) is 5.26 Å². The van der Waals surface area contributed by atoms with Crippen molar-refractivity contribution in [3.8, 4) is 6.07 Å². The molecule has 0 atom stereocenters. The quantitative estimate of drug-likeness (QED) is 0.883. The Labute approximate surface area is 129 Å². The standard InChI is InChI=1S/C16H11F3N2O2/c1-9-2-3-10(8-20)6-14(9)21-13-5-4-11(16(17,18)19)7-12(13)15(22)23/h2-7,21H,1H3,(H,22,23). The third kappa shape index (κ3) is 3.61. The highest BCUT2D eigenvalue weighted by Gasteiger charge is 2.31. The number of rotatable bonds is 3. The predicted molar refractivity (Wildman–Crippen MR) is 77.6 cm³/mol. The number of nitrogens with zero attached hydrogens (tertiary/aromatic N) is 1. The van der Waals surface area contributed by atoms with E-state index in [0.717, 1.165) is 17.7 Å². The highest BCUT2D eigenvalue weighted by Crippen LogP contribution is 2.33. The molecule has 0 bridgehead atoms. The topological polar surface area (TPSA) is 73.1 Å². The number of aromatic carboxylic acids is 1. The van der Waals surface area contributed by atoms with Crippen molar-refractivity contribution < 1.29 is 23.1 Å². The zero-order chi connectivity index (χ0) is 17.2. The zero-order valence-electron chi connectivity index (χ0n) is 11.9. The van der Waals surface area contributed by atoms with Gasteiger partial charge in [0.2, 0.25) is 0 Å². The van der Waals surface area contributed by atoms with Gasteiger partial charge in [0.15, 0.2) is 0 Å². The van der Waals surface area contributed by atoms with Gasteiger partial charge in [-0.3, -0.25) is 0 Å². The van der Waals surface area contributed by atoms with Crippen LogP contribution in [0.5, 0.6) is 0 Å². The molecular formula is C16H11F3N2O2. The molecule has 0 aliphatic carbocycles. The summed E-state index contributed by atoms with van der Waals surface area (Å²) in [6.07, 6.45) is -4.63. The van der Waals surface area contributed by atoms with Gasteiger partial charge in [0.25, 0.3) is 0 Å². The van der Waals surface area contributed by atoms with Gasteiger partial charge in [-0.15, -0.1) is 0 Å². The molecule has 2 rings (SSSR count). The van der Waals surface area contributed by atoms with E-state index in [2.05, 4.69) is 5.32 Å². The Bertz CT molecular complexity index is 808. The highest BCUT2D eigenvalue weighted by molar-refractivity contribution is 5.95. The number of carbonyl (C=O) groups is 1. The Morgan fingerprint density at radius 3 is 2.43 bits per heavy atom. The molecule has 0 saturated carbocycles. The number of benzene rings is 2. The molecule has 0 heterocycles. The molecule has 2 aromatic rings. The van der Waals surface area contributed by atoms with Crippen LogP contribution in [0, 0.1) is 18.3 Å². The maximum absolute atomic E-state index is 12.7. The van der Waals surface area contributed by atoms with Gasteiger partial charge in [0.1, 0.15) is 0 Å². The van der Waals surface area contributed by atoms with E-state index in [4.69, 9.17) is 10.4 Å². The molecule has 118 valence electrons. The molecule has 0 unspecified atom stereocenters. The molecule has 2 N–H and O–H groups in total. The van der Waals surface area contributed by atoms with Crippen LogP contribution in [0.25, 0.3) is 0 Å². The summed E-state index contributed by atoms with van der Waals surface area (Å²) in [5, 5.41) is 20.8. The first-order chi connectivity index (χ1) is 10.7.